The average Bonchev–Trinajstić information content (AvgIpc) is 3.12. The first-order chi connectivity index (χ1) is 12.7. The van der Waals surface area contributed by atoms with E-state index in [0.717, 1.165) is 18.2 Å². The Bertz CT molecular complexity index is 906. The maximum Gasteiger partial charge on any atom is 0.433 e. The fourth-order valence-electron chi connectivity index (χ4n) is 1.95. The number of nitrogens with one attached hydrogen (secondary N) is 1. The van der Waals surface area contributed by atoms with Crippen LogP contribution < -0.4 is 10.1 Å². The Hall–Kier alpha value is -3.96. The number of carbonyl (C=O) groups is 2. The van der Waals surface area contributed by atoms with Crippen LogP contribution in [-0.2, 0) is 9.53 Å². The van der Waals surface area contributed by atoms with Crippen molar-refractivity contribution < 1.29 is 33.3 Å². The van der Waals surface area contributed by atoms with Crippen molar-refractivity contribution in [1.29, 1.82) is 0 Å². The summed E-state index contributed by atoms with van der Waals surface area (Å²) in [4.78, 5) is 44.0. The predicted molar refractivity (Wildman–Crippen MR) is 88.5 cm³/mol. The number of carbonyl (C=O) groups excluding carboxylic acids is 2. The SMILES string of the molecule is COc1ccc([N+](=O)[O-])cc1NC(=O)[C@H](C)OC(=O)c1ccc([N+](=O)[O-])o1. The number of hydrogen-bond donors (Lipinski definition) is 1. The van der Waals surface area contributed by atoms with E-state index in [1.165, 1.54) is 26.2 Å². The van der Waals surface area contributed by atoms with Crippen molar-refractivity contribution in [3.63, 3.8) is 0 Å². The van der Waals surface area contributed by atoms with Crippen molar-refractivity contribution in [2.24, 2.45) is 0 Å². The van der Waals surface area contributed by atoms with E-state index in [9.17, 15) is 29.8 Å². The van der Waals surface area contributed by atoms with Crippen LogP contribution in [0.1, 0.15) is 17.5 Å². The van der Waals surface area contributed by atoms with Gasteiger partial charge in [-0.3, -0.25) is 25.0 Å². The number of non-ortho nitro benzene ring substituents is 1. The molecule has 0 saturated carbocycles. The number of ether oxygens (including phenoxy) is 2. The van der Waals surface area contributed by atoms with Crippen molar-refractivity contribution in [3.8, 4) is 5.75 Å². The van der Waals surface area contributed by atoms with Crippen LogP contribution in [-0.4, -0.2) is 34.9 Å². The van der Waals surface area contributed by atoms with E-state index in [1.54, 1.807) is 0 Å². The van der Waals surface area contributed by atoms with Gasteiger partial charge in [-0.05, 0) is 19.1 Å². The van der Waals surface area contributed by atoms with Gasteiger partial charge in [0.15, 0.2) is 6.10 Å². The van der Waals surface area contributed by atoms with Crippen molar-refractivity contribution >= 4 is 29.1 Å². The fourth-order valence-corrected chi connectivity index (χ4v) is 1.95. The number of amides is 1. The van der Waals surface area contributed by atoms with Crippen molar-refractivity contribution in [1.82, 2.24) is 0 Å². The molecule has 2 rings (SSSR count). The smallest absolute Gasteiger partial charge is 0.433 e. The number of benzene rings is 1. The molecule has 1 aromatic carbocycles. The van der Waals surface area contributed by atoms with Gasteiger partial charge in [-0.1, -0.05) is 0 Å². The molecule has 12 nitrogen and oxygen atoms in total. The minimum atomic E-state index is -1.33. The molecule has 0 radical (unpaired) electrons. The zero-order chi connectivity index (χ0) is 20.1. The summed E-state index contributed by atoms with van der Waals surface area (Å²) in [6.45, 7) is 1.24. The highest BCUT2D eigenvalue weighted by molar-refractivity contribution is 5.97. The van der Waals surface area contributed by atoms with Crippen LogP contribution in [0.5, 0.6) is 5.75 Å². The first kappa shape index (κ1) is 19.4. The molecule has 0 fully saturated rings. The van der Waals surface area contributed by atoms with E-state index in [2.05, 4.69) is 9.73 Å². The highest BCUT2D eigenvalue weighted by Gasteiger charge is 2.24. The summed E-state index contributed by atoms with van der Waals surface area (Å²) in [5.41, 5.74) is -0.271. The second kappa shape index (κ2) is 7.95. The third-order valence-corrected chi connectivity index (χ3v) is 3.28. The van der Waals surface area contributed by atoms with Gasteiger partial charge < -0.3 is 19.2 Å². The first-order valence-corrected chi connectivity index (χ1v) is 7.31. The van der Waals surface area contributed by atoms with E-state index in [4.69, 9.17) is 9.47 Å². The van der Waals surface area contributed by atoms with Crippen LogP contribution in [0.4, 0.5) is 17.3 Å². The topological polar surface area (TPSA) is 164 Å². The molecule has 1 amide bonds. The quantitative estimate of drug-likeness (QED) is 0.431. The molecule has 0 aliphatic carbocycles. The molecular formula is C15H13N3O9. The molecule has 1 atom stereocenters. The van der Waals surface area contributed by atoms with Gasteiger partial charge in [-0.2, -0.15) is 0 Å². The summed E-state index contributed by atoms with van der Waals surface area (Å²) in [7, 11) is 1.31. The molecule has 0 spiro atoms. The van der Waals surface area contributed by atoms with Gasteiger partial charge in [0, 0.05) is 12.1 Å². The van der Waals surface area contributed by atoms with Crippen molar-refractivity contribution in [2.45, 2.75) is 13.0 Å². The van der Waals surface area contributed by atoms with Gasteiger partial charge in [0.05, 0.1) is 23.8 Å². The summed E-state index contributed by atoms with van der Waals surface area (Å²) < 4.78 is 14.6. The second-order valence-electron chi connectivity index (χ2n) is 5.07. The molecule has 0 aliphatic rings. The van der Waals surface area contributed by atoms with E-state index < -0.39 is 39.5 Å². The predicted octanol–water partition coefficient (Wildman–Crippen LogP) is 2.29. The molecule has 2 aromatic rings. The number of nitrogens with zero attached hydrogens (tertiary/aromatic N) is 2. The van der Waals surface area contributed by atoms with Gasteiger partial charge in [0.2, 0.25) is 5.76 Å². The Balaban J connectivity index is 2.08. The lowest BCUT2D eigenvalue weighted by Crippen LogP contribution is -2.30. The minimum absolute atomic E-state index is 0.00763. The molecule has 1 aromatic heterocycles. The van der Waals surface area contributed by atoms with Crippen molar-refractivity contribution in [2.75, 3.05) is 12.4 Å². The highest BCUT2D eigenvalue weighted by Crippen LogP contribution is 2.29. The van der Waals surface area contributed by atoms with Crippen LogP contribution in [0.25, 0.3) is 0 Å². The zero-order valence-corrected chi connectivity index (χ0v) is 14.0. The molecule has 0 bridgehead atoms. The van der Waals surface area contributed by atoms with E-state index >= 15 is 0 Å². The number of hydrogen-bond acceptors (Lipinski definition) is 9. The van der Waals surface area contributed by atoms with Crippen molar-refractivity contribution in [3.05, 3.63) is 56.3 Å². The van der Waals surface area contributed by atoms with Gasteiger partial charge >= 0.3 is 11.9 Å². The molecule has 1 N–H and O–H groups in total. The number of anilines is 1. The van der Waals surface area contributed by atoms with Gasteiger partial charge in [-0.25, -0.2) is 4.79 Å². The summed E-state index contributed by atoms with van der Waals surface area (Å²) in [5.74, 6) is -2.83. The Labute approximate surface area is 151 Å². The highest BCUT2D eigenvalue weighted by atomic mass is 16.7. The number of nitro groups is 2. The van der Waals surface area contributed by atoms with Crippen LogP contribution in [0.3, 0.4) is 0 Å². The van der Waals surface area contributed by atoms with E-state index in [-0.39, 0.29) is 17.1 Å². The zero-order valence-electron chi connectivity index (χ0n) is 14.0. The molecule has 0 saturated heterocycles. The minimum Gasteiger partial charge on any atom is -0.495 e. The Morgan fingerprint density at radius 2 is 1.85 bits per heavy atom. The maximum atomic E-state index is 12.2. The lowest BCUT2D eigenvalue weighted by Gasteiger charge is -2.14. The normalized spacial score (nSPS) is 11.3. The summed E-state index contributed by atoms with van der Waals surface area (Å²) >= 11 is 0. The standard InChI is InChI=1S/C15H13N3O9/c1-8(26-15(20)12-5-6-13(27-12)18(23)24)14(19)16-10-7-9(17(21)22)3-4-11(10)25-2/h3-8H,1-2H3,(H,16,19)/t8-/m0/s1. The molecule has 1 heterocycles. The molecule has 0 unspecified atom stereocenters. The third-order valence-electron chi connectivity index (χ3n) is 3.28. The third kappa shape index (κ3) is 4.56. The summed E-state index contributed by atoms with van der Waals surface area (Å²) in [6, 6.07) is 5.58. The summed E-state index contributed by atoms with van der Waals surface area (Å²) in [6.07, 6.45) is -1.33. The second-order valence-corrected chi connectivity index (χ2v) is 5.07. The van der Waals surface area contributed by atoms with E-state index in [1.807, 2.05) is 0 Å². The lowest BCUT2D eigenvalue weighted by molar-refractivity contribution is -0.402. The van der Waals surface area contributed by atoms with Crippen LogP contribution in [0, 0.1) is 20.2 Å². The Kier molecular flexibility index (Phi) is 5.70. The molecular weight excluding hydrogens is 366 g/mol. The largest absolute Gasteiger partial charge is 0.495 e. The number of nitro benzene ring substituents is 1. The van der Waals surface area contributed by atoms with Gasteiger partial charge in [0.1, 0.15) is 10.7 Å². The van der Waals surface area contributed by atoms with Crippen LogP contribution in [0.2, 0.25) is 0 Å². The number of rotatable bonds is 7. The Morgan fingerprint density at radius 3 is 2.41 bits per heavy atom. The average molecular weight is 379 g/mol. The molecule has 142 valence electrons. The molecule has 12 heteroatoms. The number of esters is 1. The monoisotopic (exact) mass is 379 g/mol. The lowest BCUT2D eigenvalue weighted by atomic mass is 10.2. The number of methoxy groups -OCH3 is 1. The van der Waals surface area contributed by atoms with Gasteiger partial charge in [0.25, 0.3) is 11.6 Å². The molecule has 0 aliphatic heterocycles. The maximum absolute atomic E-state index is 12.2. The molecule has 27 heavy (non-hydrogen) atoms. The van der Waals surface area contributed by atoms with Crippen LogP contribution in [0.15, 0.2) is 34.7 Å². The Morgan fingerprint density at radius 1 is 1.15 bits per heavy atom. The number of furan rings is 1. The first-order valence-electron chi connectivity index (χ1n) is 7.31. The van der Waals surface area contributed by atoms with Crippen LogP contribution >= 0.6 is 0 Å². The summed E-state index contributed by atoms with van der Waals surface area (Å²) in [5, 5.41) is 23.7. The van der Waals surface area contributed by atoms with Gasteiger partial charge in [-0.15, -0.1) is 0 Å². The fraction of sp³-hybridized carbons (Fsp3) is 0.200. The van der Waals surface area contributed by atoms with E-state index in [0.29, 0.717) is 0 Å².